The first-order valence-corrected chi connectivity index (χ1v) is 8.91. The molecule has 1 aromatic heterocycles. The highest BCUT2D eigenvalue weighted by molar-refractivity contribution is 7.87. The van der Waals surface area contributed by atoms with Crippen LogP contribution in [0.4, 0.5) is 0 Å². The van der Waals surface area contributed by atoms with E-state index in [9.17, 15) is 8.42 Å². The molecule has 0 unspecified atom stereocenters. The number of benzene rings is 1. The van der Waals surface area contributed by atoms with Crippen molar-refractivity contribution in [3.05, 3.63) is 46.3 Å². The van der Waals surface area contributed by atoms with Crippen molar-refractivity contribution in [1.29, 1.82) is 0 Å². The van der Waals surface area contributed by atoms with Gasteiger partial charge in [-0.3, -0.25) is 0 Å². The molecule has 0 saturated heterocycles. The maximum absolute atomic E-state index is 12.7. The first-order chi connectivity index (χ1) is 10.7. The smallest absolute Gasteiger partial charge is 0.357 e. The van der Waals surface area contributed by atoms with Gasteiger partial charge in [0.15, 0.2) is 5.03 Å². The molecule has 5 nitrogen and oxygen atoms in total. The number of imidazole rings is 1. The summed E-state index contributed by atoms with van der Waals surface area (Å²) < 4.78 is 32.0. The summed E-state index contributed by atoms with van der Waals surface area (Å²) in [7, 11) is -2.51. The van der Waals surface area contributed by atoms with Crippen LogP contribution in [0.2, 0.25) is 10.0 Å². The summed E-state index contributed by atoms with van der Waals surface area (Å²) >= 11 is 11.7. The van der Waals surface area contributed by atoms with E-state index in [0.717, 1.165) is 0 Å². The molecule has 2 rings (SSSR count). The molecule has 0 spiro atoms. The quantitative estimate of drug-likeness (QED) is 0.733. The molecule has 0 radical (unpaired) electrons. The fraction of sp³-hybridized carbons (Fsp3) is 0.267. The second kappa shape index (κ2) is 6.55. The van der Waals surface area contributed by atoms with Crippen molar-refractivity contribution in [2.24, 2.45) is 7.05 Å². The molecule has 0 atom stereocenters. The molecule has 1 aromatic carbocycles. The predicted octanol–water partition coefficient (Wildman–Crippen LogP) is 4.26. The average molecular weight is 375 g/mol. The van der Waals surface area contributed by atoms with Crippen molar-refractivity contribution >= 4 is 39.4 Å². The highest BCUT2D eigenvalue weighted by Crippen LogP contribution is 2.30. The summed E-state index contributed by atoms with van der Waals surface area (Å²) in [6.07, 6.45) is 1.49. The molecule has 0 saturated carbocycles. The summed E-state index contributed by atoms with van der Waals surface area (Å²) in [5, 5.41) is 0.547. The van der Waals surface area contributed by atoms with Gasteiger partial charge < -0.3 is 8.75 Å². The van der Waals surface area contributed by atoms with Gasteiger partial charge in [-0.2, -0.15) is 8.42 Å². The molecule has 23 heavy (non-hydrogen) atoms. The third-order valence-corrected chi connectivity index (χ3v) is 4.92. The zero-order chi connectivity index (χ0) is 17.4. The van der Waals surface area contributed by atoms with E-state index in [1.165, 1.54) is 28.8 Å². The summed E-state index contributed by atoms with van der Waals surface area (Å²) in [6.45, 7) is 7.34. The van der Waals surface area contributed by atoms with E-state index < -0.39 is 10.1 Å². The van der Waals surface area contributed by atoms with Crippen LogP contribution < -0.4 is 4.18 Å². The Bertz CT molecular complexity index is 838. The minimum atomic E-state index is -4.11. The van der Waals surface area contributed by atoms with Crippen LogP contribution >= 0.6 is 23.2 Å². The second-order valence-electron chi connectivity index (χ2n) is 5.22. The summed E-state index contributed by atoms with van der Waals surface area (Å²) in [5.41, 5.74) is 0.413. The summed E-state index contributed by atoms with van der Waals surface area (Å²) in [6, 6.07) is 4.25. The number of hydrogen-bond acceptors (Lipinski definition) is 4. The van der Waals surface area contributed by atoms with Crippen LogP contribution in [0.5, 0.6) is 5.75 Å². The standard InChI is InChI=1S/C15H16Cl2N2O3S/c1-5-13-18-14(9(2)3)15(19(13)4)23(20,21)22-12-7-10(16)6-11(17)8-12/h5-9H,1H2,2-4H3. The van der Waals surface area contributed by atoms with Gasteiger partial charge >= 0.3 is 10.1 Å². The number of rotatable bonds is 5. The Morgan fingerprint density at radius 3 is 2.30 bits per heavy atom. The minimum absolute atomic E-state index is 0.0153. The fourth-order valence-electron chi connectivity index (χ4n) is 2.12. The molecule has 0 N–H and O–H groups in total. The molecule has 8 heteroatoms. The van der Waals surface area contributed by atoms with Crippen LogP contribution in [0.1, 0.15) is 31.3 Å². The number of aromatic nitrogens is 2. The lowest BCUT2D eigenvalue weighted by Crippen LogP contribution is -2.16. The van der Waals surface area contributed by atoms with Gasteiger partial charge in [-0.05, 0) is 18.1 Å². The molecular weight excluding hydrogens is 359 g/mol. The van der Waals surface area contributed by atoms with Crippen molar-refractivity contribution in [3.8, 4) is 5.75 Å². The Hall–Kier alpha value is -1.50. The second-order valence-corrected chi connectivity index (χ2v) is 7.56. The van der Waals surface area contributed by atoms with Gasteiger partial charge in [-0.1, -0.05) is 43.6 Å². The van der Waals surface area contributed by atoms with E-state index in [4.69, 9.17) is 27.4 Å². The van der Waals surface area contributed by atoms with Crippen LogP contribution in [-0.2, 0) is 17.2 Å². The Kier molecular flexibility index (Phi) is 5.08. The van der Waals surface area contributed by atoms with E-state index >= 15 is 0 Å². The molecule has 0 aliphatic carbocycles. The maximum atomic E-state index is 12.7. The molecule has 124 valence electrons. The maximum Gasteiger partial charge on any atom is 0.357 e. The molecule has 0 bridgehead atoms. The highest BCUT2D eigenvalue weighted by Gasteiger charge is 2.29. The first-order valence-electron chi connectivity index (χ1n) is 6.75. The van der Waals surface area contributed by atoms with Gasteiger partial charge in [0.05, 0.1) is 5.69 Å². The van der Waals surface area contributed by atoms with Crippen LogP contribution in [0.15, 0.2) is 29.8 Å². The lowest BCUT2D eigenvalue weighted by Gasteiger charge is -2.11. The van der Waals surface area contributed by atoms with Crippen molar-refractivity contribution in [3.63, 3.8) is 0 Å². The van der Waals surface area contributed by atoms with E-state index in [-0.39, 0.29) is 26.7 Å². The third kappa shape index (κ3) is 3.71. The Morgan fingerprint density at radius 2 is 1.83 bits per heavy atom. The lowest BCUT2D eigenvalue weighted by molar-refractivity contribution is 0.475. The normalized spacial score (nSPS) is 11.7. The van der Waals surface area contributed by atoms with Crippen LogP contribution in [-0.4, -0.2) is 18.0 Å². The topological polar surface area (TPSA) is 61.2 Å². The number of nitrogens with zero attached hydrogens (tertiary/aromatic N) is 2. The molecule has 0 aliphatic heterocycles. The van der Waals surface area contributed by atoms with Crippen molar-refractivity contribution in [2.45, 2.75) is 24.8 Å². The SMILES string of the molecule is C=Cc1nc(C(C)C)c(S(=O)(=O)Oc2cc(Cl)cc(Cl)c2)n1C. The Morgan fingerprint density at radius 1 is 1.26 bits per heavy atom. The molecule has 0 fully saturated rings. The van der Waals surface area contributed by atoms with Gasteiger partial charge in [0.25, 0.3) is 0 Å². The van der Waals surface area contributed by atoms with E-state index in [0.29, 0.717) is 11.5 Å². The molecule has 0 amide bonds. The van der Waals surface area contributed by atoms with Crippen molar-refractivity contribution in [1.82, 2.24) is 9.55 Å². The lowest BCUT2D eigenvalue weighted by atomic mass is 10.2. The zero-order valence-corrected chi connectivity index (χ0v) is 15.2. The largest absolute Gasteiger partial charge is 0.378 e. The zero-order valence-electron chi connectivity index (χ0n) is 12.9. The van der Waals surface area contributed by atoms with E-state index in [2.05, 4.69) is 11.6 Å². The predicted molar refractivity (Wildman–Crippen MR) is 91.7 cm³/mol. The summed E-state index contributed by atoms with van der Waals surface area (Å²) in [5.74, 6) is 0.379. The molecule has 2 aromatic rings. The first kappa shape index (κ1) is 17.8. The van der Waals surface area contributed by atoms with Gasteiger partial charge in [0.1, 0.15) is 11.6 Å². The van der Waals surface area contributed by atoms with Crippen molar-refractivity contribution < 1.29 is 12.6 Å². The highest BCUT2D eigenvalue weighted by atomic mass is 35.5. The average Bonchev–Trinajstić information content (AvgIpc) is 2.74. The molecular formula is C15H16Cl2N2O3S. The summed E-state index contributed by atoms with van der Waals surface area (Å²) in [4.78, 5) is 4.30. The van der Waals surface area contributed by atoms with Crippen LogP contribution in [0, 0.1) is 0 Å². The van der Waals surface area contributed by atoms with E-state index in [1.807, 2.05) is 13.8 Å². The van der Waals surface area contributed by atoms with E-state index in [1.54, 1.807) is 7.05 Å². The third-order valence-electron chi connectivity index (χ3n) is 3.11. The van der Waals surface area contributed by atoms with Gasteiger partial charge in [-0.15, -0.1) is 0 Å². The number of halogens is 2. The van der Waals surface area contributed by atoms with Crippen LogP contribution in [0.25, 0.3) is 6.08 Å². The van der Waals surface area contributed by atoms with Gasteiger partial charge in [0.2, 0.25) is 0 Å². The van der Waals surface area contributed by atoms with Gasteiger partial charge in [0, 0.05) is 29.2 Å². The monoisotopic (exact) mass is 374 g/mol. The van der Waals surface area contributed by atoms with Crippen molar-refractivity contribution in [2.75, 3.05) is 0 Å². The van der Waals surface area contributed by atoms with Gasteiger partial charge in [-0.25, -0.2) is 4.98 Å². The minimum Gasteiger partial charge on any atom is -0.378 e. The van der Waals surface area contributed by atoms with Crippen LogP contribution in [0.3, 0.4) is 0 Å². The Balaban J connectivity index is 2.55. The fourth-order valence-corrected chi connectivity index (χ4v) is 4.02. The molecule has 1 heterocycles. The molecule has 0 aliphatic rings. The Labute approximate surface area is 145 Å². The number of hydrogen-bond donors (Lipinski definition) is 0.